The summed E-state index contributed by atoms with van der Waals surface area (Å²) in [6.45, 7) is 3.08. The number of esters is 1. The lowest BCUT2D eigenvalue weighted by Crippen LogP contribution is -3.00. The molecule has 4 aromatic rings. The number of benzene rings is 3. The van der Waals surface area contributed by atoms with Crippen molar-refractivity contribution in [3.63, 3.8) is 0 Å². The Morgan fingerprint density at radius 1 is 0.925 bits per heavy atom. The number of rotatable bonds is 8. The zero-order chi connectivity index (χ0) is 27.0. The van der Waals surface area contributed by atoms with E-state index in [0.717, 1.165) is 43.4 Å². The van der Waals surface area contributed by atoms with Crippen LogP contribution in [0.5, 0.6) is 0 Å². The van der Waals surface area contributed by atoms with Crippen molar-refractivity contribution in [3.8, 4) is 0 Å². The standard InChI is InChI=1S/C32H30F2NO3S.BrH/c33-27-5-1-3-24(16-27)32(25-4-2-6-28(34)17-25)38-31(37)18-26-19-35(12-9-21(26)10-13-35)20-29(36)22-7-8-30-23(15-22)11-14-39-30;/h1-8,11,14-17,21,26,32H,9-10,12-13,18-20H2;1H/q+1;/p-1/t21?,26-,35?;/m0./s1. The SMILES string of the molecule is O=C(C[C@H]1C[N+]2(CC(=O)c3ccc4sccc4c3)CCC1CC2)OC(c1cccc(F)c1)c1cccc(F)c1.[Br-]. The Morgan fingerprint density at radius 3 is 2.25 bits per heavy atom. The predicted molar refractivity (Wildman–Crippen MR) is 147 cm³/mol. The molecule has 0 amide bonds. The molecule has 4 heterocycles. The summed E-state index contributed by atoms with van der Waals surface area (Å²) in [5, 5.41) is 3.13. The summed E-state index contributed by atoms with van der Waals surface area (Å²) < 4.78 is 35.8. The topological polar surface area (TPSA) is 43.4 Å². The second kappa shape index (κ2) is 11.9. The van der Waals surface area contributed by atoms with Crippen LogP contribution >= 0.6 is 11.3 Å². The number of piperidine rings is 3. The van der Waals surface area contributed by atoms with Gasteiger partial charge in [0.05, 0.1) is 26.1 Å². The summed E-state index contributed by atoms with van der Waals surface area (Å²) in [5.74, 6) is -0.626. The highest BCUT2D eigenvalue weighted by molar-refractivity contribution is 7.17. The Hall–Kier alpha value is -2.94. The van der Waals surface area contributed by atoms with Gasteiger partial charge in [0, 0.05) is 29.0 Å². The van der Waals surface area contributed by atoms with Gasteiger partial charge in [-0.3, -0.25) is 9.59 Å². The molecule has 3 saturated heterocycles. The number of fused-ring (bicyclic) bond motifs is 4. The quantitative estimate of drug-likeness (QED) is 0.169. The molecule has 1 aromatic heterocycles. The zero-order valence-electron chi connectivity index (χ0n) is 21.9. The van der Waals surface area contributed by atoms with E-state index in [1.807, 2.05) is 29.6 Å². The molecular weight excluding hydrogens is 596 g/mol. The van der Waals surface area contributed by atoms with Crippen molar-refractivity contribution in [2.45, 2.75) is 25.4 Å². The van der Waals surface area contributed by atoms with Gasteiger partial charge in [-0.1, -0.05) is 24.3 Å². The monoisotopic (exact) mass is 625 g/mol. The van der Waals surface area contributed by atoms with E-state index in [-0.39, 0.29) is 41.1 Å². The van der Waals surface area contributed by atoms with Crippen LogP contribution in [-0.2, 0) is 9.53 Å². The molecule has 0 spiro atoms. The van der Waals surface area contributed by atoms with Gasteiger partial charge in [0.1, 0.15) is 18.2 Å². The smallest absolute Gasteiger partial charge is 0.307 e. The van der Waals surface area contributed by atoms with Crippen LogP contribution in [-0.4, -0.2) is 42.4 Å². The van der Waals surface area contributed by atoms with E-state index >= 15 is 0 Å². The highest BCUT2D eigenvalue weighted by Crippen LogP contribution is 2.40. The lowest BCUT2D eigenvalue weighted by atomic mass is 9.75. The molecule has 208 valence electrons. The summed E-state index contributed by atoms with van der Waals surface area (Å²) in [5.41, 5.74) is 1.66. The first-order chi connectivity index (χ1) is 18.9. The van der Waals surface area contributed by atoms with Gasteiger partial charge in [0.25, 0.3) is 0 Å². The number of Topliss-reactive ketones (excluding diaryl/α,β-unsaturated/α-hetero) is 1. The fourth-order valence-electron chi connectivity index (χ4n) is 6.49. The molecule has 1 atom stereocenters. The van der Waals surface area contributed by atoms with Crippen LogP contribution in [0.25, 0.3) is 10.1 Å². The minimum atomic E-state index is -0.901. The predicted octanol–water partition coefficient (Wildman–Crippen LogP) is 3.95. The molecular formula is C32H30BrF2NO3S. The lowest BCUT2D eigenvalue weighted by Gasteiger charge is -2.52. The molecule has 7 rings (SSSR count). The van der Waals surface area contributed by atoms with E-state index in [4.69, 9.17) is 4.74 Å². The molecule has 0 N–H and O–H groups in total. The van der Waals surface area contributed by atoms with Gasteiger partial charge in [-0.15, -0.1) is 11.3 Å². The number of halogens is 3. The maximum atomic E-state index is 14.0. The van der Waals surface area contributed by atoms with Crippen LogP contribution in [0.3, 0.4) is 0 Å². The van der Waals surface area contributed by atoms with Crippen molar-refractivity contribution in [1.82, 2.24) is 0 Å². The Kier molecular flexibility index (Phi) is 8.50. The first-order valence-corrected chi connectivity index (χ1v) is 14.3. The van der Waals surface area contributed by atoms with E-state index in [9.17, 15) is 18.4 Å². The highest BCUT2D eigenvalue weighted by Gasteiger charge is 2.47. The Balaban J connectivity index is 0.00000323. The van der Waals surface area contributed by atoms with Gasteiger partial charge in [0.2, 0.25) is 5.78 Å². The zero-order valence-corrected chi connectivity index (χ0v) is 24.3. The van der Waals surface area contributed by atoms with Gasteiger partial charge in [-0.05, 0) is 76.3 Å². The van der Waals surface area contributed by atoms with Gasteiger partial charge in [-0.2, -0.15) is 0 Å². The van der Waals surface area contributed by atoms with Crippen LogP contribution in [0.4, 0.5) is 8.78 Å². The van der Waals surface area contributed by atoms with Crippen molar-refractivity contribution < 1.29 is 44.6 Å². The van der Waals surface area contributed by atoms with E-state index in [1.54, 1.807) is 35.6 Å². The maximum absolute atomic E-state index is 14.0. The first kappa shape index (κ1) is 28.6. The Labute approximate surface area is 246 Å². The molecule has 0 radical (unpaired) electrons. The summed E-state index contributed by atoms with van der Waals surface area (Å²) in [6.07, 6.45) is 1.28. The minimum absolute atomic E-state index is 0. The van der Waals surface area contributed by atoms with Crippen LogP contribution in [0.2, 0.25) is 0 Å². The van der Waals surface area contributed by atoms with E-state index in [0.29, 0.717) is 28.1 Å². The van der Waals surface area contributed by atoms with Gasteiger partial charge >= 0.3 is 5.97 Å². The van der Waals surface area contributed by atoms with Crippen molar-refractivity contribution in [2.24, 2.45) is 11.8 Å². The number of carbonyl (C=O) groups is 2. The minimum Gasteiger partial charge on any atom is -1.00 e. The largest absolute Gasteiger partial charge is 1.00 e. The maximum Gasteiger partial charge on any atom is 0.307 e. The number of thiophene rings is 1. The van der Waals surface area contributed by atoms with Gasteiger partial charge in [0.15, 0.2) is 6.10 Å². The van der Waals surface area contributed by atoms with Gasteiger partial charge < -0.3 is 26.2 Å². The second-order valence-corrected chi connectivity index (χ2v) is 12.0. The number of nitrogens with zero attached hydrogens (tertiary/aromatic N) is 1. The van der Waals surface area contributed by atoms with Crippen LogP contribution in [0, 0.1) is 23.5 Å². The van der Waals surface area contributed by atoms with Crippen LogP contribution in [0.15, 0.2) is 78.2 Å². The molecule has 3 aromatic carbocycles. The van der Waals surface area contributed by atoms with Crippen molar-refractivity contribution in [3.05, 3.63) is 107 Å². The molecule has 0 aliphatic carbocycles. The molecule has 8 heteroatoms. The average Bonchev–Trinajstić information content (AvgIpc) is 3.40. The Bertz CT molecular complexity index is 1490. The third-order valence-corrected chi connectivity index (χ3v) is 9.37. The summed E-state index contributed by atoms with van der Waals surface area (Å²) in [7, 11) is 0. The fraction of sp³-hybridized carbons (Fsp3) is 0.312. The number of hydrogen-bond donors (Lipinski definition) is 0. The van der Waals surface area contributed by atoms with Crippen LogP contribution in [0.1, 0.15) is 46.9 Å². The average molecular weight is 627 g/mol. The van der Waals surface area contributed by atoms with Crippen molar-refractivity contribution in [2.75, 3.05) is 26.2 Å². The number of ketones is 1. The molecule has 0 saturated carbocycles. The number of hydrogen-bond acceptors (Lipinski definition) is 4. The summed E-state index contributed by atoms with van der Waals surface area (Å²) in [4.78, 5) is 26.6. The first-order valence-electron chi connectivity index (χ1n) is 13.4. The summed E-state index contributed by atoms with van der Waals surface area (Å²) >= 11 is 1.67. The van der Waals surface area contributed by atoms with E-state index < -0.39 is 17.7 Å². The molecule has 3 fully saturated rings. The molecule has 2 bridgehead atoms. The fourth-order valence-corrected chi connectivity index (χ4v) is 7.26. The molecule has 40 heavy (non-hydrogen) atoms. The highest BCUT2D eigenvalue weighted by atomic mass is 79.9. The molecule has 4 nitrogen and oxygen atoms in total. The summed E-state index contributed by atoms with van der Waals surface area (Å²) in [6, 6.07) is 19.7. The van der Waals surface area contributed by atoms with Crippen molar-refractivity contribution >= 4 is 33.2 Å². The van der Waals surface area contributed by atoms with Gasteiger partial charge in [-0.25, -0.2) is 8.78 Å². The molecule has 3 aliphatic heterocycles. The third kappa shape index (κ3) is 6.04. The normalized spacial score (nSPS) is 21.8. The Morgan fingerprint density at radius 2 is 1.60 bits per heavy atom. The van der Waals surface area contributed by atoms with Crippen molar-refractivity contribution in [1.29, 1.82) is 0 Å². The third-order valence-electron chi connectivity index (χ3n) is 8.47. The molecule has 0 unspecified atom stereocenters. The van der Waals surface area contributed by atoms with E-state index in [2.05, 4.69) is 0 Å². The number of carbonyl (C=O) groups excluding carboxylic acids is 2. The molecule has 3 aliphatic rings. The number of ether oxygens (including phenoxy) is 1. The van der Waals surface area contributed by atoms with E-state index in [1.165, 1.54) is 29.0 Å². The second-order valence-electron chi connectivity index (χ2n) is 11.0. The number of quaternary nitrogens is 1. The lowest BCUT2D eigenvalue weighted by molar-refractivity contribution is -0.939. The van der Waals surface area contributed by atoms with Crippen LogP contribution < -0.4 is 17.0 Å².